The molecule has 0 saturated heterocycles. The van der Waals surface area contributed by atoms with Crippen LogP contribution in [0.3, 0.4) is 0 Å². The molecule has 4 nitrogen and oxygen atoms in total. The first kappa shape index (κ1) is 11.2. The summed E-state index contributed by atoms with van der Waals surface area (Å²) in [4.78, 5) is 0.153. The van der Waals surface area contributed by atoms with Gasteiger partial charge in [-0.25, -0.2) is 8.42 Å². The van der Waals surface area contributed by atoms with Gasteiger partial charge in [-0.1, -0.05) is 12.1 Å². The van der Waals surface area contributed by atoms with E-state index in [-0.39, 0.29) is 4.90 Å². The van der Waals surface area contributed by atoms with Gasteiger partial charge in [0.05, 0.1) is 4.90 Å². The van der Waals surface area contributed by atoms with Crippen molar-refractivity contribution in [2.75, 3.05) is 6.26 Å². The van der Waals surface area contributed by atoms with E-state index in [2.05, 4.69) is 0 Å². The van der Waals surface area contributed by atoms with Crippen LogP contribution in [0.25, 0.3) is 0 Å². The van der Waals surface area contributed by atoms with Crippen molar-refractivity contribution < 1.29 is 13.5 Å². The van der Waals surface area contributed by atoms with Crippen LogP contribution in [0.2, 0.25) is 0 Å². The van der Waals surface area contributed by atoms with E-state index in [1.54, 1.807) is 12.1 Å². The van der Waals surface area contributed by atoms with Crippen LogP contribution in [-0.2, 0) is 15.6 Å². The molecule has 78 valence electrons. The van der Waals surface area contributed by atoms with Gasteiger partial charge in [0, 0.05) is 6.26 Å². The van der Waals surface area contributed by atoms with Crippen molar-refractivity contribution in [3.63, 3.8) is 0 Å². The molecule has 3 N–H and O–H groups in total. The number of nitrogens with two attached hydrogens (primary N) is 1. The molecule has 0 aromatic heterocycles. The first-order chi connectivity index (χ1) is 6.21. The summed E-state index contributed by atoms with van der Waals surface area (Å²) in [6, 6.07) is 5.96. The smallest absolute Gasteiger partial charge is 0.175 e. The lowest BCUT2D eigenvalue weighted by atomic mass is 10.1. The summed E-state index contributed by atoms with van der Waals surface area (Å²) >= 11 is 0. The van der Waals surface area contributed by atoms with Crippen LogP contribution < -0.4 is 5.73 Å². The third-order valence-electron chi connectivity index (χ3n) is 1.85. The van der Waals surface area contributed by atoms with E-state index in [1.807, 2.05) is 0 Å². The van der Waals surface area contributed by atoms with Crippen molar-refractivity contribution in [3.05, 3.63) is 29.8 Å². The molecule has 0 fully saturated rings. The van der Waals surface area contributed by atoms with Gasteiger partial charge in [-0.3, -0.25) is 0 Å². The lowest BCUT2D eigenvalue weighted by molar-refractivity contribution is 0.0645. The highest BCUT2D eigenvalue weighted by atomic mass is 32.2. The molecule has 1 aromatic carbocycles. The number of sulfone groups is 1. The Hall–Kier alpha value is -0.910. The van der Waals surface area contributed by atoms with Crippen LogP contribution in [0.15, 0.2) is 29.2 Å². The predicted molar refractivity (Wildman–Crippen MR) is 53.3 cm³/mol. The monoisotopic (exact) mass is 215 g/mol. The van der Waals surface area contributed by atoms with Gasteiger partial charge in [0.2, 0.25) is 0 Å². The van der Waals surface area contributed by atoms with Crippen molar-refractivity contribution in [1.82, 2.24) is 0 Å². The second-order valence-corrected chi connectivity index (χ2v) is 5.46. The quantitative estimate of drug-likeness (QED) is 0.691. The Morgan fingerprint density at radius 1 is 1.43 bits per heavy atom. The highest BCUT2D eigenvalue weighted by molar-refractivity contribution is 7.90. The fraction of sp³-hybridized carbons (Fsp3) is 0.333. The maximum absolute atomic E-state index is 11.2. The minimum Gasteiger partial charge on any atom is -0.372 e. The first-order valence-corrected chi connectivity index (χ1v) is 5.92. The summed E-state index contributed by atoms with van der Waals surface area (Å²) in [7, 11) is -3.25. The lowest BCUT2D eigenvalue weighted by Crippen LogP contribution is -2.32. The highest BCUT2D eigenvalue weighted by Crippen LogP contribution is 2.18. The molecule has 0 aliphatic heterocycles. The average molecular weight is 215 g/mol. The number of hydrogen-bond donors (Lipinski definition) is 2. The second kappa shape index (κ2) is 3.34. The van der Waals surface area contributed by atoms with Gasteiger partial charge in [0.15, 0.2) is 9.84 Å². The molecule has 0 aliphatic carbocycles. The molecule has 0 aliphatic rings. The summed E-state index contributed by atoms with van der Waals surface area (Å²) in [5.74, 6) is 0. The number of hydrogen-bond acceptors (Lipinski definition) is 4. The van der Waals surface area contributed by atoms with Crippen LogP contribution in [0.1, 0.15) is 12.5 Å². The molecule has 0 saturated carbocycles. The van der Waals surface area contributed by atoms with E-state index < -0.39 is 15.6 Å². The van der Waals surface area contributed by atoms with Crippen molar-refractivity contribution in [1.29, 1.82) is 0 Å². The Morgan fingerprint density at radius 2 is 2.00 bits per heavy atom. The summed E-state index contributed by atoms with van der Waals surface area (Å²) in [5.41, 5.74) is 4.29. The number of rotatable bonds is 2. The topological polar surface area (TPSA) is 80.4 Å². The summed E-state index contributed by atoms with van der Waals surface area (Å²) in [6.07, 6.45) is 1.11. The molecule has 0 amide bonds. The van der Waals surface area contributed by atoms with Crippen LogP contribution in [-0.4, -0.2) is 19.8 Å². The van der Waals surface area contributed by atoms with Gasteiger partial charge in [0.1, 0.15) is 5.72 Å². The standard InChI is InChI=1S/C9H13NO3S/c1-9(10,11)7-4-3-5-8(6-7)14(2,12)13/h3-6,11H,10H2,1-2H3. The molecular formula is C9H13NO3S. The van der Waals surface area contributed by atoms with Gasteiger partial charge in [0.25, 0.3) is 0 Å². The average Bonchev–Trinajstić information content (AvgIpc) is 2.01. The van der Waals surface area contributed by atoms with Crippen molar-refractivity contribution >= 4 is 9.84 Å². The maximum Gasteiger partial charge on any atom is 0.175 e. The molecule has 14 heavy (non-hydrogen) atoms. The van der Waals surface area contributed by atoms with E-state index in [4.69, 9.17) is 5.73 Å². The fourth-order valence-corrected chi connectivity index (χ4v) is 1.71. The van der Waals surface area contributed by atoms with Gasteiger partial charge in [-0.2, -0.15) is 0 Å². The molecule has 1 rings (SSSR count). The third-order valence-corrected chi connectivity index (χ3v) is 2.96. The molecule has 1 unspecified atom stereocenters. The van der Waals surface area contributed by atoms with Crippen molar-refractivity contribution in [2.45, 2.75) is 17.5 Å². The maximum atomic E-state index is 11.2. The molecule has 1 atom stereocenters. The zero-order valence-electron chi connectivity index (χ0n) is 8.06. The summed E-state index contributed by atoms with van der Waals surface area (Å²) in [6.45, 7) is 1.40. The molecule has 1 aromatic rings. The van der Waals surface area contributed by atoms with E-state index in [1.165, 1.54) is 19.1 Å². The number of aliphatic hydroxyl groups is 1. The van der Waals surface area contributed by atoms with E-state index in [9.17, 15) is 13.5 Å². The SMILES string of the molecule is CC(N)(O)c1cccc(S(C)(=O)=O)c1. The Balaban J connectivity index is 3.29. The van der Waals surface area contributed by atoms with Gasteiger partial charge < -0.3 is 10.8 Å². The summed E-state index contributed by atoms with van der Waals surface area (Å²) in [5, 5.41) is 9.46. The number of benzene rings is 1. The minimum atomic E-state index is -3.25. The Labute approximate surface area is 83.3 Å². The van der Waals surface area contributed by atoms with Crippen LogP contribution in [0, 0.1) is 0 Å². The van der Waals surface area contributed by atoms with Crippen molar-refractivity contribution in [2.24, 2.45) is 5.73 Å². The van der Waals surface area contributed by atoms with Crippen LogP contribution in [0.5, 0.6) is 0 Å². The first-order valence-electron chi connectivity index (χ1n) is 4.03. The zero-order valence-corrected chi connectivity index (χ0v) is 8.88. The highest BCUT2D eigenvalue weighted by Gasteiger charge is 2.18. The van der Waals surface area contributed by atoms with E-state index >= 15 is 0 Å². The fourth-order valence-electron chi connectivity index (χ4n) is 1.04. The molecular weight excluding hydrogens is 202 g/mol. The molecule has 0 bridgehead atoms. The lowest BCUT2D eigenvalue weighted by Gasteiger charge is -2.17. The van der Waals surface area contributed by atoms with Gasteiger partial charge in [-0.05, 0) is 24.6 Å². The molecule has 0 heterocycles. The summed E-state index contributed by atoms with van der Waals surface area (Å²) < 4.78 is 22.4. The second-order valence-electron chi connectivity index (χ2n) is 3.45. The van der Waals surface area contributed by atoms with Crippen LogP contribution >= 0.6 is 0 Å². The molecule has 0 radical (unpaired) electrons. The van der Waals surface area contributed by atoms with E-state index in [0.717, 1.165) is 6.26 Å². The minimum absolute atomic E-state index is 0.153. The normalized spacial score (nSPS) is 16.3. The van der Waals surface area contributed by atoms with E-state index in [0.29, 0.717) is 5.56 Å². The van der Waals surface area contributed by atoms with Gasteiger partial charge >= 0.3 is 0 Å². The Morgan fingerprint density at radius 3 is 2.43 bits per heavy atom. The van der Waals surface area contributed by atoms with Crippen molar-refractivity contribution in [3.8, 4) is 0 Å². The molecule has 5 heteroatoms. The Kier molecular flexibility index (Phi) is 2.67. The predicted octanol–water partition coefficient (Wildman–Crippen LogP) is 0.214. The largest absolute Gasteiger partial charge is 0.372 e. The Bertz CT molecular complexity index is 432. The zero-order chi connectivity index (χ0) is 11.0. The third kappa shape index (κ3) is 2.54. The van der Waals surface area contributed by atoms with Crippen LogP contribution in [0.4, 0.5) is 0 Å². The van der Waals surface area contributed by atoms with Gasteiger partial charge in [-0.15, -0.1) is 0 Å². The molecule has 0 spiro atoms.